The number of sulfonamides is 1. The number of carboxylic acids is 1. The number of aromatic nitrogens is 1. The van der Waals surface area contributed by atoms with Gasteiger partial charge in [-0.3, -0.25) is 0 Å². The van der Waals surface area contributed by atoms with E-state index < -0.39 is 16.0 Å². The molecule has 0 spiro atoms. The first-order chi connectivity index (χ1) is 19.7. The first-order valence-electron chi connectivity index (χ1n) is 13.9. The van der Waals surface area contributed by atoms with Gasteiger partial charge in [0.15, 0.2) is 0 Å². The molecule has 3 aromatic carbocycles. The van der Waals surface area contributed by atoms with Crippen LogP contribution in [0.2, 0.25) is 0 Å². The maximum absolute atomic E-state index is 13.0. The summed E-state index contributed by atoms with van der Waals surface area (Å²) in [6.45, 7) is 0.943. The van der Waals surface area contributed by atoms with E-state index in [2.05, 4.69) is 53.3 Å². The lowest BCUT2D eigenvalue weighted by Gasteiger charge is -2.23. The Labute approximate surface area is 246 Å². The van der Waals surface area contributed by atoms with Crippen LogP contribution in [0, 0.1) is 0 Å². The molecule has 5 rings (SSSR count). The molecule has 0 radical (unpaired) electrons. The van der Waals surface area contributed by atoms with E-state index in [4.69, 9.17) is 5.11 Å². The maximum Gasteiger partial charge on any atom is 0.335 e. The monoisotopic (exact) mass is 589 g/mol. The SMILES string of the molecule is CN(Cc1ccc(C2CCCCC2)cc1)c1ccc(-c2csc(CN(C)S(=O)(=O)c3ccc(C(=O)O)cc3)n2)cc1. The molecule has 0 bridgehead atoms. The van der Waals surface area contributed by atoms with Gasteiger partial charge in [0.25, 0.3) is 0 Å². The van der Waals surface area contributed by atoms with E-state index in [0.717, 1.165) is 29.4 Å². The largest absolute Gasteiger partial charge is 0.478 e. The van der Waals surface area contributed by atoms with Crippen molar-refractivity contribution >= 4 is 33.0 Å². The third-order valence-corrected chi connectivity index (χ3v) is 10.5. The first kappa shape index (κ1) is 29.0. The van der Waals surface area contributed by atoms with E-state index in [0.29, 0.717) is 5.01 Å². The van der Waals surface area contributed by atoms with Crippen molar-refractivity contribution in [1.82, 2.24) is 9.29 Å². The van der Waals surface area contributed by atoms with Gasteiger partial charge in [-0.1, -0.05) is 55.7 Å². The first-order valence-corrected chi connectivity index (χ1v) is 16.2. The summed E-state index contributed by atoms with van der Waals surface area (Å²) in [4.78, 5) is 18.0. The van der Waals surface area contributed by atoms with Crippen LogP contribution < -0.4 is 4.90 Å². The zero-order chi connectivity index (χ0) is 29.0. The second kappa shape index (κ2) is 12.5. The van der Waals surface area contributed by atoms with Crippen LogP contribution in [0.15, 0.2) is 83.1 Å². The Morgan fingerprint density at radius 3 is 2.20 bits per heavy atom. The summed E-state index contributed by atoms with van der Waals surface area (Å²) in [6.07, 6.45) is 6.69. The Hall–Kier alpha value is -3.53. The molecule has 41 heavy (non-hydrogen) atoms. The Morgan fingerprint density at radius 1 is 0.902 bits per heavy atom. The van der Waals surface area contributed by atoms with Gasteiger partial charge in [-0.2, -0.15) is 4.31 Å². The molecule has 214 valence electrons. The molecule has 0 unspecified atom stereocenters. The van der Waals surface area contributed by atoms with Gasteiger partial charge < -0.3 is 10.0 Å². The van der Waals surface area contributed by atoms with E-state index in [1.807, 2.05) is 17.5 Å². The molecule has 0 amide bonds. The zero-order valence-electron chi connectivity index (χ0n) is 23.4. The Kier molecular flexibility index (Phi) is 8.87. The fourth-order valence-corrected chi connectivity index (χ4v) is 7.39. The van der Waals surface area contributed by atoms with E-state index in [1.165, 1.54) is 90.2 Å². The standard InChI is InChI=1S/C32H35N3O4S2/c1-34(20-23-8-10-25(11-9-23)24-6-4-3-5-7-24)28-16-12-26(13-17-28)30-22-40-31(33-30)21-35(2)41(38,39)29-18-14-27(15-19-29)32(36)37/h8-19,22,24H,3-7,20-21H2,1-2H3,(H,36,37). The maximum atomic E-state index is 13.0. The van der Waals surface area contributed by atoms with Crippen molar-refractivity contribution in [3.8, 4) is 11.3 Å². The third kappa shape index (κ3) is 6.86. The minimum Gasteiger partial charge on any atom is -0.478 e. The van der Waals surface area contributed by atoms with Crippen LogP contribution in [-0.2, 0) is 23.1 Å². The number of anilines is 1. The van der Waals surface area contributed by atoms with Gasteiger partial charge >= 0.3 is 5.97 Å². The van der Waals surface area contributed by atoms with Crippen molar-refractivity contribution in [3.05, 3.63) is 99.9 Å². The van der Waals surface area contributed by atoms with Crippen LogP contribution in [0.4, 0.5) is 5.69 Å². The van der Waals surface area contributed by atoms with Crippen molar-refractivity contribution in [2.24, 2.45) is 0 Å². The average molecular weight is 590 g/mol. The van der Waals surface area contributed by atoms with Gasteiger partial charge in [0.2, 0.25) is 10.0 Å². The topological polar surface area (TPSA) is 90.8 Å². The highest BCUT2D eigenvalue weighted by molar-refractivity contribution is 7.89. The molecule has 0 aliphatic heterocycles. The second-order valence-corrected chi connectivity index (χ2v) is 13.7. The van der Waals surface area contributed by atoms with Crippen molar-refractivity contribution in [1.29, 1.82) is 0 Å². The summed E-state index contributed by atoms with van der Waals surface area (Å²) in [5.74, 6) is -0.381. The summed E-state index contributed by atoms with van der Waals surface area (Å²) in [5.41, 5.74) is 5.68. The summed E-state index contributed by atoms with van der Waals surface area (Å²) in [5, 5.41) is 11.7. The van der Waals surface area contributed by atoms with E-state index in [1.54, 1.807) is 0 Å². The van der Waals surface area contributed by atoms with Crippen molar-refractivity contribution in [2.75, 3.05) is 19.0 Å². The van der Waals surface area contributed by atoms with E-state index in [9.17, 15) is 13.2 Å². The van der Waals surface area contributed by atoms with Gasteiger partial charge in [-0.25, -0.2) is 18.2 Å². The number of hydrogen-bond donors (Lipinski definition) is 1. The zero-order valence-corrected chi connectivity index (χ0v) is 25.0. The normalized spacial score (nSPS) is 14.3. The molecule has 1 N–H and O–H groups in total. The van der Waals surface area contributed by atoms with Gasteiger partial charge in [0.1, 0.15) is 5.01 Å². The lowest BCUT2D eigenvalue weighted by Crippen LogP contribution is -2.26. The van der Waals surface area contributed by atoms with Crippen LogP contribution in [0.5, 0.6) is 0 Å². The molecule has 7 nitrogen and oxygen atoms in total. The summed E-state index contributed by atoms with van der Waals surface area (Å²) in [7, 11) is -0.193. The molecule has 1 aliphatic rings. The van der Waals surface area contributed by atoms with Crippen LogP contribution >= 0.6 is 11.3 Å². The molecule has 0 atom stereocenters. The number of carboxylic acid groups (broad SMARTS) is 1. The highest BCUT2D eigenvalue weighted by Gasteiger charge is 2.22. The van der Waals surface area contributed by atoms with Gasteiger partial charge in [-0.05, 0) is 66.3 Å². The Balaban J connectivity index is 1.19. The third-order valence-electron chi connectivity index (χ3n) is 7.80. The molecule has 0 saturated heterocycles. The van der Waals surface area contributed by atoms with Crippen LogP contribution in [0.3, 0.4) is 0 Å². The van der Waals surface area contributed by atoms with Crippen molar-refractivity contribution < 1.29 is 18.3 Å². The molecule has 1 heterocycles. The van der Waals surface area contributed by atoms with Gasteiger partial charge in [-0.15, -0.1) is 11.3 Å². The average Bonchev–Trinajstić information content (AvgIpc) is 3.46. The number of benzene rings is 3. The molecular formula is C32H35N3O4S2. The fourth-order valence-electron chi connectivity index (χ4n) is 5.32. The van der Waals surface area contributed by atoms with Crippen molar-refractivity contribution in [2.45, 2.75) is 56.0 Å². The molecule has 1 saturated carbocycles. The Morgan fingerprint density at radius 2 is 1.56 bits per heavy atom. The Bertz CT molecular complexity index is 1580. The van der Waals surface area contributed by atoms with Gasteiger partial charge in [0.05, 0.1) is 22.7 Å². The predicted octanol–water partition coefficient (Wildman–Crippen LogP) is 7.01. The summed E-state index contributed by atoms with van der Waals surface area (Å²) in [6, 6.07) is 22.6. The quantitative estimate of drug-likeness (QED) is 0.214. The number of nitrogens with zero attached hydrogens (tertiary/aromatic N) is 3. The molecule has 1 aliphatic carbocycles. The minimum absolute atomic E-state index is 0.0388. The summed E-state index contributed by atoms with van der Waals surface area (Å²) < 4.78 is 27.2. The van der Waals surface area contributed by atoms with Crippen LogP contribution in [-0.4, -0.2) is 42.9 Å². The summed E-state index contributed by atoms with van der Waals surface area (Å²) >= 11 is 1.41. The van der Waals surface area contributed by atoms with Crippen molar-refractivity contribution in [3.63, 3.8) is 0 Å². The fraction of sp³-hybridized carbons (Fsp3) is 0.312. The second-order valence-electron chi connectivity index (χ2n) is 10.7. The molecule has 4 aromatic rings. The number of thiazole rings is 1. The number of rotatable bonds is 10. The highest BCUT2D eigenvalue weighted by atomic mass is 32.2. The highest BCUT2D eigenvalue weighted by Crippen LogP contribution is 2.33. The van der Waals surface area contributed by atoms with Gasteiger partial charge in [0, 0.05) is 37.3 Å². The lowest BCUT2D eigenvalue weighted by molar-refractivity contribution is 0.0696. The molecule has 1 aromatic heterocycles. The van der Waals surface area contributed by atoms with Crippen LogP contribution in [0.25, 0.3) is 11.3 Å². The smallest absolute Gasteiger partial charge is 0.335 e. The lowest BCUT2D eigenvalue weighted by atomic mass is 9.84. The number of hydrogen-bond acceptors (Lipinski definition) is 6. The predicted molar refractivity (Wildman–Crippen MR) is 164 cm³/mol. The van der Waals surface area contributed by atoms with E-state index >= 15 is 0 Å². The van der Waals surface area contributed by atoms with Crippen LogP contribution in [0.1, 0.15) is 64.5 Å². The molecule has 1 fully saturated rings. The number of carbonyl (C=O) groups is 1. The molecular weight excluding hydrogens is 555 g/mol. The number of aromatic carboxylic acids is 1. The molecule has 9 heteroatoms. The van der Waals surface area contributed by atoms with E-state index in [-0.39, 0.29) is 17.0 Å². The minimum atomic E-state index is -3.78.